The minimum Gasteiger partial charge on any atom is -0.299 e. The number of likely N-dealkylation sites (tertiary alicyclic amines) is 1. The summed E-state index contributed by atoms with van der Waals surface area (Å²) in [7, 11) is 0. The highest BCUT2D eigenvalue weighted by atomic mass is 15.1. The number of piperidine rings is 1. The molecule has 0 saturated carbocycles. The Bertz CT molecular complexity index is 270. The highest BCUT2D eigenvalue weighted by Gasteiger charge is 2.09. The Morgan fingerprint density at radius 2 is 1.71 bits per heavy atom. The van der Waals surface area contributed by atoms with Crippen LogP contribution in [0.25, 0.3) is 0 Å². The maximum absolute atomic E-state index is 2.53. The largest absolute Gasteiger partial charge is 0.299 e. The lowest BCUT2D eigenvalue weighted by atomic mass is 10.1. The molecule has 0 atom stereocenters. The van der Waals surface area contributed by atoms with Gasteiger partial charge in [-0.25, -0.2) is 0 Å². The predicted octanol–water partition coefficient (Wildman–Crippen LogP) is 2.80. The standard InChI is InChI=1S/C13H18N/c1-12-5-7-13(8-6-12)11-14-9-3-2-4-10-14/h2,5-8H,3-4,9-11H2,1H3. The molecule has 1 nitrogen and oxygen atoms in total. The van der Waals surface area contributed by atoms with Crippen LogP contribution in [0.2, 0.25) is 0 Å². The zero-order chi connectivity index (χ0) is 9.80. The van der Waals surface area contributed by atoms with Crippen LogP contribution in [-0.4, -0.2) is 18.0 Å². The van der Waals surface area contributed by atoms with Crippen LogP contribution in [0.1, 0.15) is 24.0 Å². The molecule has 1 aliphatic heterocycles. The molecule has 0 amide bonds. The van der Waals surface area contributed by atoms with E-state index in [4.69, 9.17) is 0 Å². The van der Waals surface area contributed by atoms with Gasteiger partial charge in [0.15, 0.2) is 0 Å². The molecule has 1 heterocycles. The molecule has 0 aromatic heterocycles. The molecule has 0 aliphatic carbocycles. The minimum absolute atomic E-state index is 1.12. The van der Waals surface area contributed by atoms with Gasteiger partial charge in [-0.1, -0.05) is 29.8 Å². The van der Waals surface area contributed by atoms with E-state index in [1.54, 1.807) is 0 Å². The topological polar surface area (TPSA) is 3.24 Å². The zero-order valence-electron chi connectivity index (χ0n) is 8.87. The second kappa shape index (κ2) is 4.61. The summed E-state index contributed by atoms with van der Waals surface area (Å²) in [4.78, 5) is 2.53. The Morgan fingerprint density at radius 1 is 1.07 bits per heavy atom. The van der Waals surface area contributed by atoms with Crippen molar-refractivity contribution in [1.29, 1.82) is 0 Å². The second-order valence-corrected chi connectivity index (χ2v) is 4.13. The molecule has 0 unspecified atom stereocenters. The maximum Gasteiger partial charge on any atom is 0.0233 e. The third-order valence-corrected chi connectivity index (χ3v) is 2.83. The molecule has 14 heavy (non-hydrogen) atoms. The smallest absolute Gasteiger partial charge is 0.0233 e. The fourth-order valence-electron chi connectivity index (χ4n) is 1.91. The van der Waals surface area contributed by atoms with E-state index in [0.717, 1.165) is 6.54 Å². The first kappa shape index (κ1) is 9.72. The summed E-state index contributed by atoms with van der Waals surface area (Å²) in [6, 6.07) is 8.89. The van der Waals surface area contributed by atoms with Crippen molar-refractivity contribution >= 4 is 0 Å². The summed E-state index contributed by atoms with van der Waals surface area (Å²) in [5.74, 6) is 0. The normalized spacial score (nSPS) is 18.4. The third-order valence-electron chi connectivity index (χ3n) is 2.83. The van der Waals surface area contributed by atoms with Crippen molar-refractivity contribution in [2.24, 2.45) is 0 Å². The van der Waals surface area contributed by atoms with E-state index in [1.807, 2.05) is 0 Å². The molecule has 0 bridgehead atoms. The molecule has 75 valence electrons. The van der Waals surface area contributed by atoms with Gasteiger partial charge in [0.05, 0.1) is 0 Å². The van der Waals surface area contributed by atoms with Crippen LogP contribution in [0.15, 0.2) is 24.3 Å². The quantitative estimate of drug-likeness (QED) is 0.690. The van der Waals surface area contributed by atoms with Gasteiger partial charge in [0.25, 0.3) is 0 Å². The number of benzene rings is 1. The lowest BCUT2D eigenvalue weighted by molar-refractivity contribution is 0.246. The van der Waals surface area contributed by atoms with Crippen molar-refractivity contribution in [2.75, 3.05) is 13.1 Å². The highest BCUT2D eigenvalue weighted by molar-refractivity contribution is 5.21. The van der Waals surface area contributed by atoms with Crippen molar-refractivity contribution in [3.63, 3.8) is 0 Å². The molecule has 1 aliphatic rings. The Labute approximate surface area is 86.7 Å². The van der Waals surface area contributed by atoms with Crippen LogP contribution in [0.3, 0.4) is 0 Å². The summed E-state index contributed by atoms with van der Waals surface area (Å²) < 4.78 is 0. The number of hydrogen-bond donors (Lipinski definition) is 0. The first-order chi connectivity index (χ1) is 6.84. The molecule has 0 N–H and O–H groups in total. The van der Waals surface area contributed by atoms with E-state index in [1.165, 1.54) is 37.1 Å². The summed E-state index contributed by atoms with van der Waals surface area (Å²) in [6.07, 6.45) is 4.91. The maximum atomic E-state index is 2.53. The summed E-state index contributed by atoms with van der Waals surface area (Å²) in [5.41, 5.74) is 2.79. The first-order valence-electron chi connectivity index (χ1n) is 5.44. The van der Waals surface area contributed by atoms with Crippen LogP contribution < -0.4 is 0 Å². The zero-order valence-corrected chi connectivity index (χ0v) is 8.87. The van der Waals surface area contributed by atoms with Gasteiger partial charge in [0.2, 0.25) is 0 Å². The summed E-state index contributed by atoms with van der Waals surface area (Å²) in [6.45, 7) is 5.72. The average molecular weight is 188 g/mol. The van der Waals surface area contributed by atoms with Crippen molar-refractivity contribution in [2.45, 2.75) is 26.3 Å². The van der Waals surface area contributed by atoms with Crippen molar-refractivity contribution in [3.05, 3.63) is 41.8 Å². The predicted molar refractivity (Wildman–Crippen MR) is 60.0 cm³/mol. The highest BCUT2D eigenvalue weighted by Crippen LogP contribution is 2.12. The molecule has 0 spiro atoms. The van der Waals surface area contributed by atoms with E-state index < -0.39 is 0 Å². The van der Waals surface area contributed by atoms with E-state index in [9.17, 15) is 0 Å². The molecule has 1 heteroatoms. The number of hydrogen-bond acceptors (Lipinski definition) is 1. The van der Waals surface area contributed by atoms with Crippen LogP contribution in [0, 0.1) is 13.3 Å². The van der Waals surface area contributed by atoms with Gasteiger partial charge < -0.3 is 0 Å². The second-order valence-electron chi connectivity index (χ2n) is 4.13. The SMILES string of the molecule is Cc1ccc(CN2CC[CH]CC2)cc1. The summed E-state index contributed by atoms with van der Waals surface area (Å²) in [5, 5.41) is 0. The van der Waals surface area contributed by atoms with Gasteiger partial charge in [-0.3, -0.25) is 4.90 Å². The number of aryl methyl sites for hydroxylation is 1. The molecule has 1 fully saturated rings. The molecule has 1 aromatic carbocycles. The van der Waals surface area contributed by atoms with E-state index in [0.29, 0.717) is 0 Å². The molecule has 1 radical (unpaired) electrons. The van der Waals surface area contributed by atoms with Crippen LogP contribution >= 0.6 is 0 Å². The monoisotopic (exact) mass is 188 g/mol. The molecular weight excluding hydrogens is 170 g/mol. The van der Waals surface area contributed by atoms with Gasteiger partial charge in [0, 0.05) is 6.54 Å². The Kier molecular flexibility index (Phi) is 3.20. The Morgan fingerprint density at radius 3 is 2.36 bits per heavy atom. The van der Waals surface area contributed by atoms with E-state index in [2.05, 4.69) is 42.5 Å². The molecule has 1 aromatic rings. The van der Waals surface area contributed by atoms with Gasteiger partial charge in [-0.05, 0) is 44.8 Å². The van der Waals surface area contributed by atoms with Gasteiger partial charge in [0.1, 0.15) is 0 Å². The van der Waals surface area contributed by atoms with Crippen molar-refractivity contribution < 1.29 is 0 Å². The lowest BCUT2D eigenvalue weighted by Crippen LogP contribution is -2.29. The number of rotatable bonds is 2. The van der Waals surface area contributed by atoms with Gasteiger partial charge in [-0.2, -0.15) is 0 Å². The van der Waals surface area contributed by atoms with Crippen LogP contribution in [-0.2, 0) is 6.54 Å². The molecule has 1 saturated heterocycles. The van der Waals surface area contributed by atoms with Crippen LogP contribution in [0.5, 0.6) is 0 Å². The van der Waals surface area contributed by atoms with Crippen molar-refractivity contribution in [3.8, 4) is 0 Å². The first-order valence-corrected chi connectivity index (χ1v) is 5.44. The Hall–Kier alpha value is -0.820. The Balaban J connectivity index is 1.92. The third kappa shape index (κ3) is 2.58. The van der Waals surface area contributed by atoms with E-state index >= 15 is 0 Å². The average Bonchev–Trinajstić information content (AvgIpc) is 2.23. The lowest BCUT2D eigenvalue weighted by Gasteiger charge is -2.26. The molecular formula is C13H18N. The van der Waals surface area contributed by atoms with Gasteiger partial charge in [-0.15, -0.1) is 0 Å². The van der Waals surface area contributed by atoms with E-state index in [-0.39, 0.29) is 0 Å². The number of nitrogens with zero attached hydrogens (tertiary/aromatic N) is 1. The summed E-state index contributed by atoms with van der Waals surface area (Å²) >= 11 is 0. The fraction of sp³-hybridized carbons (Fsp3) is 0.462. The fourth-order valence-corrected chi connectivity index (χ4v) is 1.91. The molecule has 2 rings (SSSR count). The van der Waals surface area contributed by atoms with Crippen molar-refractivity contribution in [1.82, 2.24) is 4.90 Å². The van der Waals surface area contributed by atoms with Gasteiger partial charge >= 0.3 is 0 Å². The van der Waals surface area contributed by atoms with Crippen LogP contribution in [0.4, 0.5) is 0 Å². The minimum atomic E-state index is 1.12.